The Balaban J connectivity index is 1.28. The molecule has 0 unspecified atom stereocenters. The number of carbonyl (C=O) groups is 2. The number of nitrogens with one attached hydrogen (secondary N) is 2. The molecule has 0 radical (unpaired) electrons. The molecule has 2 bridgehead atoms. The third-order valence-corrected chi connectivity index (χ3v) is 8.15. The predicted octanol–water partition coefficient (Wildman–Crippen LogP) is 4.14. The summed E-state index contributed by atoms with van der Waals surface area (Å²) in [5.74, 6) is 0.877. The first kappa shape index (κ1) is 22.9. The van der Waals surface area contributed by atoms with Crippen LogP contribution < -0.4 is 10.6 Å². The largest absolute Gasteiger partial charge is 0.375 e. The molecule has 3 aliphatic rings. The summed E-state index contributed by atoms with van der Waals surface area (Å²) < 4.78 is 20.2. The standard InChI is InChI=1S/C28H29FN4O3/c1-36-15-25(34)32-21-11-22(27(35)30-13-18-10-19-4-7-23(18)28(19)8-9-28)26-24(12-21)31-16-33(26)14-17-2-5-20(29)6-3-17/h2-7,11-12,16,18-19,23H,8-10,13-15H2,1H3,(H,30,35)(H,32,34)/t18-,19+,23+/m1/s1. The molecule has 36 heavy (non-hydrogen) atoms. The van der Waals surface area contributed by atoms with E-state index < -0.39 is 0 Å². The van der Waals surface area contributed by atoms with Crippen LogP contribution in [0.4, 0.5) is 10.1 Å². The number of carbonyl (C=O) groups excluding carboxylic acids is 2. The van der Waals surface area contributed by atoms with Gasteiger partial charge in [-0.15, -0.1) is 0 Å². The molecule has 0 saturated heterocycles. The van der Waals surface area contributed by atoms with Gasteiger partial charge in [-0.25, -0.2) is 9.37 Å². The fraction of sp³-hybridized carbons (Fsp3) is 0.393. The van der Waals surface area contributed by atoms with Crippen molar-refractivity contribution in [3.05, 3.63) is 71.8 Å². The van der Waals surface area contributed by atoms with Gasteiger partial charge in [0.1, 0.15) is 12.4 Å². The van der Waals surface area contributed by atoms with Crippen LogP contribution in [0.5, 0.6) is 0 Å². The molecule has 2 aromatic carbocycles. The number of aromatic nitrogens is 2. The van der Waals surface area contributed by atoms with Crippen molar-refractivity contribution in [2.75, 3.05) is 25.6 Å². The van der Waals surface area contributed by atoms with Crippen LogP contribution in [-0.2, 0) is 16.1 Å². The van der Waals surface area contributed by atoms with Crippen molar-refractivity contribution < 1.29 is 18.7 Å². The lowest BCUT2D eigenvalue weighted by Crippen LogP contribution is -2.32. The molecule has 2 amide bonds. The fourth-order valence-electron chi connectivity index (χ4n) is 6.36. The number of hydrogen-bond acceptors (Lipinski definition) is 4. The first-order chi connectivity index (χ1) is 17.5. The van der Waals surface area contributed by atoms with E-state index in [0.717, 1.165) is 12.0 Å². The minimum atomic E-state index is -0.308. The number of methoxy groups -OCH3 is 1. The molecule has 8 heteroatoms. The van der Waals surface area contributed by atoms with Crippen LogP contribution in [0.1, 0.15) is 35.2 Å². The van der Waals surface area contributed by atoms with Crippen molar-refractivity contribution >= 4 is 28.5 Å². The summed E-state index contributed by atoms with van der Waals surface area (Å²) in [7, 11) is 1.45. The zero-order valence-electron chi connectivity index (χ0n) is 20.2. The second kappa shape index (κ2) is 8.85. The maximum absolute atomic E-state index is 13.6. The molecular formula is C28H29FN4O3. The number of allylic oxidation sites excluding steroid dienone is 2. The van der Waals surface area contributed by atoms with E-state index in [1.807, 2.05) is 4.57 Å². The summed E-state index contributed by atoms with van der Waals surface area (Å²) in [5, 5.41) is 5.97. The lowest BCUT2D eigenvalue weighted by atomic mass is 9.89. The van der Waals surface area contributed by atoms with Crippen LogP contribution in [-0.4, -0.2) is 41.6 Å². The Morgan fingerprint density at radius 3 is 2.72 bits per heavy atom. The highest BCUT2D eigenvalue weighted by molar-refractivity contribution is 6.07. The Morgan fingerprint density at radius 1 is 1.19 bits per heavy atom. The minimum Gasteiger partial charge on any atom is -0.375 e. The number of nitrogens with zero attached hydrogens (tertiary/aromatic N) is 2. The van der Waals surface area contributed by atoms with E-state index >= 15 is 0 Å². The van der Waals surface area contributed by atoms with Gasteiger partial charge in [-0.05, 0) is 72.3 Å². The molecule has 3 aliphatic carbocycles. The van der Waals surface area contributed by atoms with Gasteiger partial charge in [0.2, 0.25) is 5.91 Å². The Morgan fingerprint density at radius 2 is 2.00 bits per heavy atom. The van der Waals surface area contributed by atoms with Crippen molar-refractivity contribution in [3.8, 4) is 0 Å². The van der Waals surface area contributed by atoms with E-state index in [9.17, 15) is 14.0 Å². The molecular weight excluding hydrogens is 459 g/mol. The van der Waals surface area contributed by atoms with Crippen LogP contribution >= 0.6 is 0 Å². The van der Waals surface area contributed by atoms with Gasteiger partial charge in [0.15, 0.2) is 0 Å². The molecule has 3 aromatic rings. The molecule has 1 aromatic heterocycles. The maximum atomic E-state index is 13.6. The minimum absolute atomic E-state index is 0.0852. The molecule has 0 aliphatic heterocycles. The number of ether oxygens (including phenoxy) is 1. The normalized spacial score (nSPS) is 22.9. The number of halogens is 1. The Kier molecular flexibility index (Phi) is 5.63. The van der Waals surface area contributed by atoms with Gasteiger partial charge < -0.3 is 19.9 Å². The van der Waals surface area contributed by atoms with E-state index in [-0.39, 0.29) is 24.2 Å². The third kappa shape index (κ3) is 3.99. The quantitative estimate of drug-likeness (QED) is 0.467. The van der Waals surface area contributed by atoms with Crippen LogP contribution in [0.3, 0.4) is 0 Å². The fourth-order valence-corrected chi connectivity index (χ4v) is 6.36. The molecule has 2 fully saturated rings. The molecule has 2 saturated carbocycles. The maximum Gasteiger partial charge on any atom is 0.253 e. The van der Waals surface area contributed by atoms with E-state index in [0.29, 0.717) is 58.5 Å². The van der Waals surface area contributed by atoms with Crippen LogP contribution in [0.2, 0.25) is 0 Å². The SMILES string of the molecule is COCC(=O)Nc1cc(C(=O)NC[C@H]2C[C@@H]3C=C[C@@H]2C32CC2)c2c(c1)ncn2Cc1ccc(F)cc1. The van der Waals surface area contributed by atoms with E-state index in [1.165, 1.54) is 32.1 Å². The summed E-state index contributed by atoms with van der Waals surface area (Å²) in [6.07, 6.45) is 10.1. The van der Waals surface area contributed by atoms with Gasteiger partial charge in [0.25, 0.3) is 5.91 Å². The number of anilines is 1. The number of benzene rings is 2. The van der Waals surface area contributed by atoms with Crippen molar-refractivity contribution in [3.63, 3.8) is 0 Å². The first-order valence-corrected chi connectivity index (χ1v) is 12.5. The van der Waals surface area contributed by atoms with Crippen LogP contribution in [0, 0.1) is 29.0 Å². The monoisotopic (exact) mass is 488 g/mol. The molecule has 6 rings (SSSR count). The van der Waals surface area contributed by atoms with E-state index in [1.54, 1.807) is 30.6 Å². The van der Waals surface area contributed by atoms with Crippen LogP contribution in [0.15, 0.2) is 54.9 Å². The number of fused-ring (bicyclic) bond motifs is 1. The zero-order chi connectivity index (χ0) is 24.9. The van der Waals surface area contributed by atoms with Gasteiger partial charge >= 0.3 is 0 Å². The lowest BCUT2D eigenvalue weighted by Gasteiger charge is -2.20. The number of hydrogen-bond donors (Lipinski definition) is 2. The summed E-state index contributed by atoms with van der Waals surface area (Å²) in [5.41, 5.74) is 3.57. The van der Waals surface area contributed by atoms with Crippen molar-refractivity contribution in [2.24, 2.45) is 23.2 Å². The molecule has 7 nitrogen and oxygen atoms in total. The Hall–Kier alpha value is -3.52. The van der Waals surface area contributed by atoms with Gasteiger partial charge in [0.05, 0.1) is 22.9 Å². The lowest BCUT2D eigenvalue weighted by molar-refractivity contribution is -0.119. The second-order valence-electron chi connectivity index (χ2n) is 10.3. The van der Waals surface area contributed by atoms with Gasteiger partial charge in [0, 0.05) is 25.9 Å². The van der Waals surface area contributed by atoms with Crippen molar-refractivity contribution in [1.82, 2.24) is 14.9 Å². The molecule has 1 spiro atoms. The average molecular weight is 489 g/mol. The first-order valence-electron chi connectivity index (χ1n) is 12.5. The van der Waals surface area contributed by atoms with E-state index in [4.69, 9.17) is 4.74 Å². The molecule has 186 valence electrons. The topological polar surface area (TPSA) is 85.2 Å². The summed E-state index contributed by atoms with van der Waals surface area (Å²) in [4.78, 5) is 30.2. The summed E-state index contributed by atoms with van der Waals surface area (Å²) >= 11 is 0. The molecule has 2 N–H and O–H groups in total. The van der Waals surface area contributed by atoms with E-state index in [2.05, 4.69) is 27.8 Å². The Bertz CT molecular complexity index is 1360. The summed E-state index contributed by atoms with van der Waals surface area (Å²) in [6, 6.07) is 9.71. The van der Waals surface area contributed by atoms with Gasteiger partial charge in [-0.1, -0.05) is 24.3 Å². The second-order valence-corrected chi connectivity index (χ2v) is 10.3. The van der Waals surface area contributed by atoms with Gasteiger partial charge in [-0.2, -0.15) is 0 Å². The zero-order valence-corrected chi connectivity index (χ0v) is 20.2. The Labute approximate surface area is 208 Å². The number of imidazole rings is 1. The van der Waals surface area contributed by atoms with Crippen LogP contribution in [0.25, 0.3) is 11.0 Å². The number of amides is 2. The summed E-state index contributed by atoms with van der Waals surface area (Å²) in [6.45, 7) is 0.976. The smallest absolute Gasteiger partial charge is 0.253 e. The van der Waals surface area contributed by atoms with Crippen molar-refractivity contribution in [2.45, 2.75) is 25.8 Å². The highest BCUT2D eigenvalue weighted by Crippen LogP contribution is 2.69. The average Bonchev–Trinajstić information content (AvgIpc) is 3.37. The molecule has 1 heterocycles. The van der Waals surface area contributed by atoms with Crippen molar-refractivity contribution in [1.29, 1.82) is 0 Å². The predicted molar refractivity (Wildman–Crippen MR) is 134 cm³/mol. The number of rotatable bonds is 8. The third-order valence-electron chi connectivity index (χ3n) is 8.15. The highest BCUT2D eigenvalue weighted by atomic mass is 19.1. The highest BCUT2D eigenvalue weighted by Gasteiger charge is 2.62. The molecule has 3 atom stereocenters. The van der Waals surface area contributed by atoms with Gasteiger partial charge in [-0.3, -0.25) is 9.59 Å².